The third-order valence-corrected chi connectivity index (χ3v) is 5.44. The fourth-order valence-electron chi connectivity index (χ4n) is 2.99. The minimum Gasteiger partial charge on any atom is -0.379 e. The lowest BCUT2D eigenvalue weighted by atomic mass is 9.96. The van der Waals surface area contributed by atoms with E-state index in [9.17, 15) is 0 Å². The smallest absolute Gasteiger partial charge is 0.214 e. The Kier molecular flexibility index (Phi) is 3.74. The van der Waals surface area contributed by atoms with Gasteiger partial charge in [0.25, 0.3) is 0 Å². The molecule has 3 aromatic heterocycles. The standard InChI is InChI=1S/C16H19N5OS/c1-11-5-7-20(10-14(11)22-2)16-19-21-9-13(18-15(21)23-16)12-4-3-6-17-8-12/h3-4,6,8-9,11,14H,5,7,10H2,1-2H3. The van der Waals surface area contributed by atoms with Crippen molar-refractivity contribution in [3.8, 4) is 11.3 Å². The Morgan fingerprint density at radius 1 is 1.39 bits per heavy atom. The van der Waals surface area contributed by atoms with Crippen LogP contribution < -0.4 is 4.90 Å². The van der Waals surface area contributed by atoms with E-state index in [1.165, 1.54) is 0 Å². The molecular weight excluding hydrogens is 310 g/mol. The summed E-state index contributed by atoms with van der Waals surface area (Å²) in [7, 11) is 1.79. The minimum atomic E-state index is 0.269. The quantitative estimate of drug-likeness (QED) is 0.739. The van der Waals surface area contributed by atoms with Crippen LogP contribution in [0.4, 0.5) is 5.13 Å². The van der Waals surface area contributed by atoms with E-state index >= 15 is 0 Å². The summed E-state index contributed by atoms with van der Waals surface area (Å²) in [6.07, 6.45) is 6.95. The van der Waals surface area contributed by atoms with Gasteiger partial charge >= 0.3 is 0 Å². The molecule has 0 aliphatic carbocycles. The molecule has 2 atom stereocenters. The maximum atomic E-state index is 5.59. The Morgan fingerprint density at radius 3 is 3.04 bits per heavy atom. The largest absolute Gasteiger partial charge is 0.379 e. The molecule has 1 aliphatic rings. The number of nitrogens with zero attached hydrogens (tertiary/aromatic N) is 5. The Morgan fingerprint density at radius 2 is 2.30 bits per heavy atom. The van der Waals surface area contributed by atoms with Gasteiger partial charge in [0.2, 0.25) is 10.1 Å². The number of fused-ring (bicyclic) bond motifs is 1. The van der Waals surface area contributed by atoms with Crippen LogP contribution in [-0.2, 0) is 4.74 Å². The lowest BCUT2D eigenvalue weighted by Gasteiger charge is -2.35. The third-order valence-electron chi connectivity index (χ3n) is 4.45. The van der Waals surface area contributed by atoms with Crippen LogP contribution in [0.15, 0.2) is 30.7 Å². The van der Waals surface area contributed by atoms with Gasteiger partial charge in [-0.1, -0.05) is 18.3 Å². The number of methoxy groups -OCH3 is 1. The van der Waals surface area contributed by atoms with Crippen LogP contribution in [-0.4, -0.2) is 45.9 Å². The first-order chi connectivity index (χ1) is 11.2. The fraction of sp³-hybridized carbons (Fsp3) is 0.438. The molecule has 2 unspecified atom stereocenters. The van der Waals surface area contributed by atoms with Crippen LogP contribution in [0.25, 0.3) is 16.2 Å². The van der Waals surface area contributed by atoms with Crippen molar-refractivity contribution in [2.45, 2.75) is 19.4 Å². The van der Waals surface area contributed by atoms with Crippen LogP contribution in [0.5, 0.6) is 0 Å². The molecule has 0 amide bonds. The van der Waals surface area contributed by atoms with Crippen molar-refractivity contribution in [2.24, 2.45) is 5.92 Å². The highest BCUT2D eigenvalue weighted by Crippen LogP contribution is 2.30. The molecule has 0 N–H and O–H groups in total. The van der Waals surface area contributed by atoms with E-state index in [2.05, 4.69) is 21.8 Å². The molecule has 4 rings (SSSR count). The Hall–Kier alpha value is -1.99. The average Bonchev–Trinajstić information content (AvgIpc) is 3.15. The number of hydrogen-bond donors (Lipinski definition) is 0. The highest BCUT2D eigenvalue weighted by atomic mass is 32.1. The van der Waals surface area contributed by atoms with Crippen molar-refractivity contribution in [3.63, 3.8) is 0 Å². The van der Waals surface area contributed by atoms with E-state index in [0.717, 1.165) is 40.9 Å². The van der Waals surface area contributed by atoms with Gasteiger partial charge in [0.15, 0.2) is 0 Å². The predicted molar refractivity (Wildman–Crippen MR) is 90.9 cm³/mol. The lowest BCUT2D eigenvalue weighted by Crippen LogP contribution is -2.43. The van der Waals surface area contributed by atoms with Crippen molar-refractivity contribution in [3.05, 3.63) is 30.7 Å². The molecular formula is C16H19N5OS. The summed E-state index contributed by atoms with van der Waals surface area (Å²) in [5, 5.41) is 5.71. The molecule has 6 nitrogen and oxygen atoms in total. The number of rotatable bonds is 3. The number of imidazole rings is 1. The summed E-state index contributed by atoms with van der Waals surface area (Å²) in [6, 6.07) is 3.93. The fourth-order valence-corrected chi connectivity index (χ4v) is 3.90. The van der Waals surface area contributed by atoms with E-state index in [1.54, 1.807) is 24.6 Å². The number of hydrogen-bond acceptors (Lipinski definition) is 6. The highest BCUT2D eigenvalue weighted by molar-refractivity contribution is 7.20. The Bertz CT molecular complexity index is 768. The van der Waals surface area contributed by atoms with Gasteiger partial charge in [-0.15, -0.1) is 5.10 Å². The molecule has 120 valence electrons. The topological polar surface area (TPSA) is 55.5 Å². The van der Waals surface area contributed by atoms with Gasteiger partial charge in [-0.2, -0.15) is 0 Å². The minimum absolute atomic E-state index is 0.269. The average molecular weight is 329 g/mol. The first-order valence-corrected chi connectivity index (χ1v) is 8.60. The highest BCUT2D eigenvalue weighted by Gasteiger charge is 2.28. The van der Waals surface area contributed by atoms with Crippen LogP contribution in [0.2, 0.25) is 0 Å². The van der Waals surface area contributed by atoms with E-state index in [4.69, 9.17) is 9.84 Å². The summed E-state index contributed by atoms with van der Waals surface area (Å²) < 4.78 is 7.46. The first-order valence-electron chi connectivity index (χ1n) is 7.79. The molecule has 0 aromatic carbocycles. The molecule has 0 radical (unpaired) electrons. The summed E-state index contributed by atoms with van der Waals surface area (Å²) in [5.41, 5.74) is 1.92. The van der Waals surface area contributed by atoms with Gasteiger partial charge in [0, 0.05) is 38.2 Å². The van der Waals surface area contributed by atoms with Gasteiger partial charge in [0.05, 0.1) is 18.0 Å². The summed E-state index contributed by atoms with van der Waals surface area (Å²) in [5.74, 6) is 0.595. The van der Waals surface area contributed by atoms with Crippen molar-refractivity contribution < 1.29 is 4.74 Å². The number of ether oxygens (including phenoxy) is 1. The zero-order chi connectivity index (χ0) is 15.8. The van der Waals surface area contributed by atoms with Gasteiger partial charge in [-0.05, 0) is 24.5 Å². The normalized spacial score (nSPS) is 21.9. The monoisotopic (exact) mass is 329 g/mol. The van der Waals surface area contributed by atoms with Crippen LogP contribution in [0.3, 0.4) is 0 Å². The van der Waals surface area contributed by atoms with Gasteiger partial charge in [-0.3, -0.25) is 4.98 Å². The van der Waals surface area contributed by atoms with Crippen molar-refractivity contribution in [1.29, 1.82) is 0 Å². The number of aromatic nitrogens is 4. The van der Waals surface area contributed by atoms with E-state index in [1.807, 2.05) is 29.0 Å². The lowest BCUT2D eigenvalue weighted by molar-refractivity contribution is 0.0498. The SMILES string of the molecule is COC1CN(c2nn3cc(-c4cccnc4)nc3s2)CCC1C. The van der Waals surface area contributed by atoms with Crippen LogP contribution in [0.1, 0.15) is 13.3 Å². The van der Waals surface area contributed by atoms with Gasteiger partial charge in [0.1, 0.15) is 0 Å². The maximum absolute atomic E-state index is 5.59. The van der Waals surface area contributed by atoms with Crippen molar-refractivity contribution in [1.82, 2.24) is 19.6 Å². The summed E-state index contributed by atoms with van der Waals surface area (Å²) in [6.45, 7) is 4.16. The van der Waals surface area contributed by atoms with Gasteiger partial charge in [-0.25, -0.2) is 9.50 Å². The molecule has 1 fully saturated rings. The second kappa shape index (κ2) is 5.90. The Balaban J connectivity index is 1.59. The van der Waals surface area contributed by atoms with E-state index in [-0.39, 0.29) is 6.10 Å². The maximum Gasteiger partial charge on any atom is 0.214 e. The Labute approximate surface area is 138 Å². The zero-order valence-corrected chi connectivity index (χ0v) is 14.0. The summed E-state index contributed by atoms with van der Waals surface area (Å²) in [4.78, 5) is 12.0. The zero-order valence-electron chi connectivity index (χ0n) is 13.2. The molecule has 4 heterocycles. The van der Waals surface area contributed by atoms with Crippen molar-refractivity contribution >= 4 is 21.4 Å². The number of pyridine rings is 1. The van der Waals surface area contributed by atoms with Crippen LogP contribution in [0, 0.1) is 5.92 Å². The molecule has 0 spiro atoms. The van der Waals surface area contributed by atoms with Crippen LogP contribution >= 0.6 is 11.3 Å². The molecule has 3 aromatic rings. The predicted octanol–water partition coefficient (Wildman–Crippen LogP) is 2.71. The van der Waals surface area contributed by atoms with E-state index < -0.39 is 0 Å². The number of piperidine rings is 1. The van der Waals surface area contributed by atoms with E-state index in [0.29, 0.717) is 5.92 Å². The molecule has 1 saturated heterocycles. The molecule has 0 saturated carbocycles. The molecule has 7 heteroatoms. The first kappa shape index (κ1) is 14.6. The second-order valence-electron chi connectivity index (χ2n) is 5.97. The molecule has 23 heavy (non-hydrogen) atoms. The van der Waals surface area contributed by atoms with Gasteiger partial charge < -0.3 is 9.64 Å². The van der Waals surface area contributed by atoms with Crippen molar-refractivity contribution in [2.75, 3.05) is 25.1 Å². The number of anilines is 1. The summed E-state index contributed by atoms with van der Waals surface area (Å²) >= 11 is 1.62. The second-order valence-corrected chi connectivity index (χ2v) is 6.90. The molecule has 1 aliphatic heterocycles. The molecule has 0 bridgehead atoms. The third kappa shape index (κ3) is 2.70.